The fourth-order valence-electron chi connectivity index (χ4n) is 1.57. The van der Waals surface area contributed by atoms with Gasteiger partial charge in [-0.15, -0.1) is 0 Å². The van der Waals surface area contributed by atoms with E-state index in [0.29, 0.717) is 12.4 Å². The monoisotopic (exact) mass is 298 g/mol. The van der Waals surface area contributed by atoms with E-state index in [0.717, 1.165) is 23.7 Å². The van der Waals surface area contributed by atoms with E-state index < -0.39 is 17.5 Å². The van der Waals surface area contributed by atoms with Crippen molar-refractivity contribution >= 4 is 28.3 Å². The van der Waals surface area contributed by atoms with Crippen molar-refractivity contribution in [1.29, 1.82) is 0 Å². The second-order valence-corrected chi connectivity index (χ2v) is 4.70. The number of rotatable bonds is 4. The maximum absolute atomic E-state index is 13.7. The molecule has 1 heterocycles. The first kappa shape index (κ1) is 14.3. The summed E-state index contributed by atoms with van der Waals surface area (Å²) in [4.78, 5) is 15.8. The zero-order valence-electron chi connectivity index (χ0n) is 10.8. The number of anilines is 2. The molecule has 0 aliphatic rings. The summed E-state index contributed by atoms with van der Waals surface area (Å²) in [6.07, 6.45) is 0. The number of benzene rings is 1. The van der Waals surface area contributed by atoms with Gasteiger partial charge in [-0.3, -0.25) is 10.1 Å². The van der Waals surface area contributed by atoms with Gasteiger partial charge in [-0.25, -0.2) is 13.8 Å². The Morgan fingerprint density at radius 3 is 2.50 bits per heavy atom. The Labute approximate surface area is 118 Å². The van der Waals surface area contributed by atoms with Crippen molar-refractivity contribution in [1.82, 2.24) is 9.36 Å². The third-order valence-electron chi connectivity index (χ3n) is 2.41. The highest BCUT2D eigenvalue weighted by atomic mass is 32.1. The molecule has 106 valence electrons. The molecule has 0 fully saturated rings. The Balaban J connectivity index is 2.22. The lowest BCUT2D eigenvalue weighted by Crippen LogP contribution is -2.13. The average molecular weight is 298 g/mol. The fraction of sp³-hybridized carbons (Fsp3) is 0.250. The van der Waals surface area contributed by atoms with Crippen molar-refractivity contribution in [3.63, 3.8) is 0 Å². The zero-order valence-corrected chi connectivity index (χ0v) is 11.6. The summed E-state index contributed by atoms with van der Waals surface area (Å²) in [6.45, 7) is 3.78. The summed E-state index contributed by atoms with van der Waals surface area (Å²) in [5, 5.41) is 5.28. The molecule has 0 saturated carbocycles. The van der Waals surface area contributed by atoms with Crippen molar-refractivity contribution < 1.29 is 13.6 Å². The molecule has 20 heavy (non-hydrogen) atoms. The number of nitrogens with one attached hydrogen (secondary N) is 2. The highest BCUT2D eigenvalue weighted by molar-refractivity contribution is 7.09. The second kappa shape index (κ2) is 5.91. The van der Waals surface area contributed by atoms with E-state index in [4.69, 9.17) is 0 Å². The lowest BCUT2D eigenvalue weighted by atomic mass is 10.1. The van der Waals surface area contributed by atoms with Crippen LogP contribution in [0.1, 0.15) is 23.1 Å². The van der Waals surface area contributed by atoms with Crippen LogP contribution < -0.4 is 10.6 Å². The molecule has 0 bridgehead atoms. The van der Waals surface area contributed by atoms with Crippen LogP contribution in [0.3, 0.4) is 0 Å². The SMILES string of the molecule is CCNc1c(F)cc(C(=O)Nc2nc(C)ns2)cc1F. The van der Waals surface area contributed by atoms with Crippen LogP contribution in [0.2, 0.25) is 0 Å². The Kier molecular flexibility index (Phi) is 4.23. The van der Waals surface area contributed by atoms with Gasteiger partial charge in [-0.2, -0.15) is 4.37 Å². The number of carbonyl (C=O) groups is 1. The molecule has 0 radical (unpaired) electrons. The van der Waals surface area contributed by atoms with Crippen molar-refractivity contribution in [3.8, 4) is 0 Å². The molecular formula is C12H12F2N4OS. The smallest absolute Gasteiger partial charge is 0.257 e. The van der Waals surface area contributed by atoms with E-state index in [-0.39, 0.29) is 16.4 Å². The summed E-state index contributed by atoms with van der Waals surface area (Å²) in [5.74, 6) is -1.75. The first-order chi connectivity index (χ1) is 9.51. The molecule has 0 saturated heterocycles. The van der Waals surface area contributed by atoms with Gasteiger partial charge in [0, 0.05) is 23.6 Å². The highest BCUT2D eigenvalue weighted by Crippen LogP contribution is 2.21. The van der Waals surface area contributed by atoms with E-state index in [1.165, 1.54) is 0 Å². The normalized spacial score (nSPS) is 10.4. The van der Waals surface area contributed by atoms with E-state index in [2.05, 4.69) is 20.0 Å². The quantitative estimate of drug-likeness (QED) is 0.911. The number of carbonyl (C=O) groups excluding carboxylic acids is 1. The molecule has 1 aromatic carbocycles. The van der Waals surface area contributed by atoms with Gasteiger partial charge in [0.15, 0.2) is 0 Å². The summed E-state index contributed by atoms with van der Waals surface area (Å²) < 4.78 is 31.3. The lowest BCUT2D eigenvalue weighted by molar-refractivity contribution is 0.102. The molecule has 0 unspecified atom stereocenters. The minimum absolute atomic E-state index is 0.116. The van der Waals surface area contributed by atoms with E-state index in [1.54, 1.807) is 13.8 Å². The predicted molar refractivity (Wildman–Crippen MR) is 73.1 cm³/mol. The van der Waals surface area contributed by atoms with Crippen LogP contribution in [0.5, 0.6) is 0 Å². The van der Waals surface area contributed by atoms with Gasteiger partial charge in [0.05, 0.1) is 0 Å². The van der Waals surface area contributed by atoms with Gasteiger partial charge < -0.3 is 5.32 Å². The molecule has 8 heteroatoms. The molecule has 2 N–H and O–H groups in total. The maximum atomic E-state index is 13.7. The number of hydrogen-bond donors (Lipinski definition) is 2. The molecule has 0 aliphatic carbocycles. The van der Waals surface area contributed by atoms with Crippen LogP contribution in [-0.4, -0.2) is 21.8 Å². The average Bonchev–Trinajstić information content (AvgIpc) is 2.79. The van der Waals surface area contributed by atoms with Crippen molar-refractivity contribution in [2.45, 2.75) is 13.8 Å². The van der Waals surface area contributed by atoms with Gasteiger partial charge in [-0.1, -0.05) is 0 Å². The van der Waals surface area contributed by atoms with Crippen LogP contribution in [0.25, 0.3) is 0 Å². The highest BCUT2D eigenvalue weighted by Gasteiger charge is 2.16. The zero-order chi connectivity index (χ0) is 14.7. The van der Waals surface area contributed by atoms with Gasteiger partial charge in [0.1, 0.15) is 23.1 Å². The van der Waals surface area contributed by atoms with E-state index in [1.807, 2.05) is 0 Å². The molecule has 5 nitrogen and oxygen atoms in total. The molecule has 1 amide bonds. The van der Waals surface area contributed by atoms with Crippen LogP contribution >= 0.6 is 11.5 Å². The Bertz CT molecular complexity index is 621. The van der Waals surface area contributed by atoms with Crippen molar-refractivity contribution in [3.05, 3.63) is 35.2 Å². The first-order valence-corrected chi connectivity index (χ1v) is 6.63. The predicted octanol–water partition coefficient (Wildman–Crippen LogP) is 2.81. The summed E-state index contributed by atoms with van der Waals surface area (Å²) in [6, 6.07) is 1.95. The molecule has 0 aliphatic heterocycles. The van der Waals surface area contributed by atoms with Gasteiger partial charge >= 0.3 is 0 Å². The minimum atomic E-state index is -0.814. The number of halogens is 2. The summed E-state index contributed by atoms with van der Waals surface area (Å²) >= 11 is 0.999. The summed E-state index contributed by atoms with van der Waals surface area (Å²) in [7, 11) is 0. The van der Waals surface area contributed by atoms with Crippen molar-refractivity contribution in [2.24, 2.45) is 0 Å². The number of aromatic nitrogens is 2. The van der Waals surface area contributed by atoms with Crippen LogP contribution in [0.4, 0.5) is 19.6 Å². The molecule has 2 rings (SSSR count). The molecule has 1 aromatic heterocycles. The van der Waals surface area contributed by atoms with E-state index in [9.17, 15) is 13.6 Å². The first-order valence-electron chi connectivity index (χ1n) is 5.85. The van der Waals surface area contributed by atoms with Crippen LogP contribution in [0, 0.1) is 18.6 Å². The van der Waals surface area contributed by atoms with Crippen LogP contribution in [-0.2, 0) is 0 Å². The standard InChI is InChI=1S/C12H12F2N4OS/c1-3-15-10-8(13)4-7(5-9(10)14)11(19)17-12-16-6(2)18-20-12/h4-5,15H,3H2,1-2H3,(H,16,17,18,19). The lowest BCUT2D eigenvalue weighted by Gasteiger charge is -2.08. The fourth-order valence-corrected chi connectivity index (χ4v) is 2.14. The third kappa shape index (κ3) is 3.08. The summed E-state index contributed by atoms with van der Waals surface area (Å²) in [5.41, 5.74) is -0.356. The minimum Gasteiger partial charge on any atom is -0.381 e. The van der Waals surface area contributed by atoms with Crippen LogP contribution in [0.15, 0.2) is 12.1 Å². The number of hydrogen-bond acceptors (Lipinski definition) is 5. The molecule has 0 atom stereocenters. The molecule has 0 spiro atoms. The second-order valence-electron chi connectivity index (χ2n) is 3.95. The number of nitrogens with zero attached hydrogens (tertiary/aromatic N) is 2. The van der Waals surface area contributed by atoms with Gasteiger partial charge in [-0.05, 0) is 26.0 Å². The Morgan fingerprint density at radius 1 is 1.35 bits per heavy atom. The molecular weight excluding hydrogens is 286 g/mol. The van der Waals surface area contributed by atoms with Gasteiger partial charge in [0.2, 0.25) is 5.13 Å². The Morgan fingerprint density at radius 2 is 2.00 bits per heavy atom. The number of amides is 1. The van der Waals surface area contributed by atoms with Crippen molar-refractivity contribution in [2.75, 3.05) is 17.2 Å². The third-order valence-corrected chi connectivity index (χ3v) is 3.13. The largest absolute Gasteiger partial charge is 0.381 e. The Hall–Kier alpha value is -2.09. The maximum Gasteiger partial charge on any atom is 0.257 e. The van der Waals surface area contributed by atoms with E-state index >= 15 is 0 Å². The van der Waals surface area contributed by atoms with Gasteiger partial charge in [0.25, 0.3) is 5.91 Å². The number of aryl methyl sites for hydroxylation is 1. The molecule has 2 aromatic rings. The topological polar surface area (TPSA) is 66.9 Å².